The Kier molecular flexibility index (Phi) is 5.66. The molecule has 2 fully saturated rings. The summed E-state index contributed by atoms with van der Waals surface area (Å²) < 4.78 is 7.19. The molecule has 0 bridgehead atoms. The van der Waals surface area contributed by atoms with Crippen molar-refractivity contribution in [3.05, 3.63) is 30.9 Å². The zero-order valence-electron chi connectivity index (χ0n) is 17.1. The van der Waals surface area contributed by atoms with Gasteiger partial charge in [0.15, 0.2) is 0 Å². The molecular weight excluding hydrogens is 370 g/mol. The Labute approximate surface area is 171 Å². The van der Waals surface area contributed by atoms with E-state index in [2.05, 4.69) is 32.3 Å². The van der Waals surface area contributed by atoms with Crippen LogP contribution in [0.2, 0.25) is 0 Å². The summed E-state index contributed by atoms with van der Waals surface area (Å²) in [7, 11) is 2.16. The van der Waals surface area contributed by atoms with Crippen molar-refractivity contribution in [1.29, 1.82) is 0 Å². The van der Waals surface area contributed by atoms with Crippen molar-refractivity contribution in [2.45, 2.75) is 44.3 Å². The van der Waals surface area contributed by atoms with Gasteiger partial charge in [-0.1, -0.05) is 0 Å². The van der Waals surface area contributed by atoms with Crippen molar-refractivity contribution in [3.8, 4) is 5.88 Å². The van der Waals surface area contributed by atoms with E-state index >= 15 is 0 Å². The van der Waals surface area contributed by atoms with Crippen molar-refractivity contribution in [1.82, 2.24) is 29.5 Å². The summed E-state index contributed by atoms with van der Waals surface area (Å²) >= 11 is 0. The van der Waals surface area contributed by atoms with Crippen LogP contribution in [0.4, 0.5) is 5.82 Å². The van der Waals surface area contributed by atoms with Crippen molar-refractivity contribution in [2.75, 3.05) is 38.6 Å². The Morgan fingerprint density at radius 1 is 1.38 bits per heavy atom. The van der Waals surface area contributed by atoms with Crippen LogP contribution in [-0.4, -0.2) is 80.3 Å². The largest absolute Gasteiger partial charge is 0.478 e. The van der Waals surface area contributed by atoms with E-state index < -0.39 is 0 Å². The van der Waals surface area contributed by atoms with E-state index in [0.29, 0.717) is 19.0 Å². The first-order chi connectivity index (χ1) is 14.1. The summed E-state index contributed by atoms with van der Waals surface area (Å²) in [6.45, 7) is 5.29. The van der Waals surface area contributed by atoms with Crippen LogP contribution in [0.1, 0.15) is 26.2 Å². The number of hydrogen-bond donors (Lipinski definition) is 1. The zero-order chi connectivity index (χ0) is 20.3. The first kappa shape index (κ1) is 19.6. The average Bonchev–Trinajstić information content (AvgIpc) is 3.33. The predicted molar refractivity (Wildman–Crippen MR) is 109 cm³/mol. The Balaban J connectivity index is 1.49. The van der Waals surface area contributed by atoms with Crippen LogP contribution in [0.25, 0.3) is 0 Å². The number of hydrogen-bond acceptors (Lipinski definition) is 7. The second-order valence-electron chi connectivity index (χ2n) is 7.81. The number of ether oxygens (including phenoxy) is 1. The predicted octanol–water partition coefficient (Wildman–Crippen LogP) is 1.25. The highest BCUT2D eigenvalue weighted by atomic mass is 16.5. The lowest BCUT2D eigenvalue weighted by Crippen LogP contribution is -2.62. The minimum atomic E-state index is -0.102. The average molecular weight is 399 g/mol. The van der Waals surface area contributed by atoms with Crippen molar-refractivity contribution in [2.24, 2.45) is 0 Å². The van der Waals surface area contributed by atoms with E-state index in [1.807, 2.05) is 30.2 Å². The molecular formula is C20H29N7O2. The van der Waals surface area contributed by atoms with Crippen molar-refractivity contribution >= 4 is 11.7 Å². The number of carbonyl (C=O) groups is 1. The van der Waals surface area contributed by atoms with Crippen LogP contribution in [0.3, 0.4) is 0 Å². The second kappa shape index (κ2) is 8.36. The third kappa shape index (κ3) is 4.05. The molecule has 2 aromatic heterocycles. The minimum absolute atomic E-state index is 0.102. The summed E-state index contributed by atoms with van der Waals surface area (Å²) in [6, 6.07) is 3.89. The fourth-order valence-corrected chi connectivity index (χ4v) is 4.62. The van der Waals surface area contributed by atoms with Gasteiger partial charge in [0.25, 0.3) is 0 Å². The summed E-state index contributed by atoms with van der Waals surface area (Å²) in [4.78, 5) is 25.8. The molecule has 2 aliphatic rings. The SMILES string of the molecule is CCOc1cc(NC2CCN(C)C23CCCN(C(=O)Cn2cccn2)C3)ncn1. The Bertz CT molecular complexity index is 828. The van der Waals surface area contributed by atoms with Gasteiger partial charge < -0.3 is 15.0 Å². The number of carbonyl (C=O) groups excluding carboxylic acids is 1. The summed E-state index contributed by atoms with van der Waals surface area (Å²) in [5.41, 5.74) is -0.102. The number of anilines is 1. The minimum Gasteiger partial charge on any atom is -0.478 e. The normalized spacial score (nSPS) is 24.8. The zero-order valence-corrected chi connectivity index (χ0v) is 17.1. The second-order valence-corrected chi connectivity index (χ2v) is 7.81. The number of rotatable bonds is 6. The molecule has 2 aliphatic heterocycles. The molecule has 4 heterocycles. The maximum atomic E-state index is 12.9. The highest BCUT2D eigenvalue weighted by molar-refractivity contribution is 5.76. The number of aromatic nitrogens is 4. The quantitative estimate of drug-likeness (QED) is 0.782. The number of nitrogens with zero attached hydrogens (tertiary/aromatic N) is 6. The van der Waals surface area contributed by atoms with E-state index in [0.717, 1.165) is 38.2 Å². The standard InChI is InChI=1S/C20H29N7O2/c1-3-29-18-12-17(21-15-22-18)24-16-6-11-25(2)20(16)7-4-9-26(14-20)19(28)13-27-10-5-8-23-27/h5,8,10,12,15-16H,3-4,6-7,9,11,13-14H2,1-2H3,(H,21,22,24). The van der Waals surface area contributed by atoms with E-state index in [1.54, 1.807) is 10.9 Å². The van der Waals surface area contributed by atoms with Crippen LogP contribution >= 0.6 is 0 Å². The fraction of sp³-hybridized carbons (Fsp3) is 0.600. The van der Waals surface area contributed by atoms with Crippen LogP contribution in [0.5, 0.6) is 5.88 Å². The first-order valence-corrected chi connectivity index (χ1v) is 10.3. The number of nitrogens with one attached hydrogen (secondary N) is 1. The molecule has 156 valence electrons. The maximum Gasteiger partial charge on any atom is 0.244 e. The molecule has 4 rings (SSSR count). The Hall–Kier alpha value is -2.68. The molecule has 0 aromatic carbocycles. The van der Waals surface area contributed by atoms with Crippen LogP contribution in [0.15, 0.2) is 30.9 Å². The molecule has 0 saturated carbocycles. The van der Waals surface area contributed by atoms with Gasteiger partial charge in [-0.15, -0.1) is 0 Å². The topological polar surface area (TPSA) is 88.4 Å². The molecule has 2 aromatic rings. The lowest BCUT2D eigenvalue weighted by molar-refractivity contribution is -0.135. The van der Waals surface area contributed by atoms with Gasteiger partial charge in [-0.2, -0.15) is 5.10 Å². The van der Waals surface area contributed by atoms with Crippen molar-refractivity contribution < 1.29 is 9.53 Å². The highest BCUT2D eigenvalue weighted by Crippen LogP contribution is 2.38. The molecule has 2 unspecified atom stereocenters. The van der Waals surface area contributed by atoms with E-state index in [-0.39, 0.29) is 24.0 Å². The van der Waals surface area contributed by atoms with Gasteiger partial charge in [0.2, 0.25) is 11.8 Å². The summed E-state index contributed by atoms with van der Waals surface area (Å²) in [6.07, 6.45) is 8.10. The van der Waals surface area contributed by atoms with Gasteiger partial charge in [0.1, 0.15) is 18.7 Å². The molecule has 1 N–H and O–H groups in total. The van der Waals surface area contributed by atoms with E-state index in [1.165, 1.54) is 6.33 Å². The molecule has 1 spiro atoms. The monoisotopic (exact) mass is 399 g/mol. The molecule has 2 atom stereocenters. The van der Waals surface area contributed by atoms with E-state index in [4.69, 9.17) is 4.74 Å². The third-order valence-electron chi connectivity index (χ3n) is 6.13. The summed E-state index contributed by atoms with van der Waals surface area (Å²) in [5, 5.41) is 7.78. The number of amides is 1. The van der Waals surface area contributed by atoms with Gasteiger partial charge in [0, 0.05) is 44.1 Å². The molecule has 9 heteroatoms. The highest BCUT2D eigenvalue weighted by Gasteiger charge is 2.50. The van der Waals surface area contributed by atoms with Crippen molar-refractivity contribution in [3.63, 3.8) is 0 Å². The van der Waals surface area contributed by atoms with Gasteiger partial charge in [-0.05, 0) is 39.3 Å². The molecule has 9 nitrogen and oxygen atoms in total. The Morgan fingerprint density at radius 3 is 3.07 bits per heavy atom. The molecule has 2 saturated heterocycles. The van der Waals surface area contributed by atoms with E-state index in [9.17, 15) is 4.79 Å². The van der Waals surface area contributed by atoms with Gasteiger partial charge in [-0.3, -0.25) is 14.4 Å². The molecule has 29 heavy (non-hydrogen) atoms. The Morgan fingerprint density at radius 2 is 2.28 bits per heavy atom. The first-order valence-electron chi connectivity index (χ1n) is 10.3. The van der Waals surface area contributed by atoms with Gasteiger partial charge >= 0.3 is 0 Å². The summed E-state index contributed by atoms with van der Waals surface area (Å²) in [5.74, 6) is 1.46. The van der Waals surface area contributed by atoms with Crippen LogP contribution < -0.4 is 10.1 Å². The number of piperidine rings is 1. The van der Waals surface area contributed by atoms with Crippen LogP contribution in [-0.2, 0) is 11.3 Å². The maximum absolute atomic E-state index is 12.9. The van der Waals surface area contributed by atoms with Crippen LogP contribution in [0, 0.1) is 0 Å². The molecule has 0 radical (unpaired) electrons. The lowest BCUT2D eigenvalue weighted by atomic mass is 9.82. The number of likely N-dealkylation sites (tertiary alicyclic amines) is 2. The van der Waals surface area contributed by atoms with Gasteiger partial charge in [0.05, 0.1) is 12.1 Å². The fourth-order valence-electron chi connectivity index (χ4n) is 4.62. The lowest BCUT2D eigenvalue weighted by Gasteiger charge is -2.48. The third-order valence-corrected chi connectivity index (χ3v) is 6.13. The smallest absolute Gasteiger partial charge is 0.244 e. The molecule has 1 amide bonds. The number of likely N-dealkylation sites (N-methyl/N-ethyl adjacent to an activating group) is 1. The molecule has 0 aliphatic carbocycles. The van der Waals surface area contributed by atoms with Gasteiger partial charge in [-0.25, -0.2) is 9.97 Å².